The van der Waals surface area contributed by atoms with E-state index < -0.39 is 0 Å². The first kappa shape index (κ1) is 11.7. The van der Waals surface area contributed by atoms with Crippen LogP contribution >= 0.6 is 0 Å². The highest BCUT2D eigenvalue weighted by atomic mass is 14.9. The summed E-state index contributed by atoms with van der Waals surface area (Å²) in [5, 5.41) is 3.32. The van der Waals surface area contributed by atoms with Crippen molar-refractivity contribution in [3.05, 3.63) is 12.2 Å². The molecule has 0 aromatic rings. The molecule has 12 heavy (non-hydrogen) atoms. The van der Waals surface area contributed by atoms with Gasteiger partial charge in [0.25, 0.3) is 0 Å². The number of rotatable bonds is 4. The average molecular weight is 169 g/mol. The van der Waals surface area contributed by atoms with Crippen LogP contribution in [-0.2, 0) is 0 Å². The summed E-state index contributed by atoms with van der Waals surface area (Å²) in [6.45, 7) is 11.1. The molecule has 0 saturated carbocycles. The molecule has 0 radical (unpaired) electrons. The summed E-state index contributed by atoms with van der Waals surface area (Å²) in [6.07, 6.45) is 5.55. The van der Waals surface area contributed by atoms with E-state index in [1.54, 1.807) is 0 Å². The first-order valence-corrected chi connectivity index (χ1v) is 4.66. The van der Waals surface area contributed by atoms with Gasteiger partial charge in [0.05, 0.1) is 0 Å². The Morgan fingerprint density at radius 2 is 1.67 bits per heavy atom. The SMILES string of the molecule is C/C=C/C(C)(C)CC(C)(C)NC. The molecule has 0 amide bonds. The Morgan fingerprint density at radius 1 is 1.17 bits per heavy atom. The summed E-state index contributed by atoms with van der Waals surface area (Å²) in [7, 11) is 2.02. The van der Waals surface area contributed by atoms with Crippen molar-refractivity contribution in [3.8, 4) is 0 Å². The van der Waals surface area contributed by atoms with Crippen molar-refractivity contribution in [2.24, 2.45) is 5.41 Å². The van der Waals surface area contributed by atoms with Crippen LogP contribution in [0.25, 0.3) is 0 Å². The van der Waals surface area contributed by atoms with E-state index in [0.29, 0.717) is 5.41 Å². The van der Waals surface area contributed by atoms with E-state index in [9.17, 15) is 0 Å². The first-order chi connectivity index (χ1) is 5.33. The third-order valence-electron chi connectivity index (χ3n) is 2.19. The lowest BCUT2D eigenvalue weighted by molar-refractivity contribution is 0.283. The zero-order valence-corrected chi connectivity index (χ0v) is 9.36. The highest BCUT2D eigenvalue weighted by Crippen LogP contribution is 2.28. The topological polar surface area (TPSA) is 12.0 Å². The van der Waals surface area contributed by atoms with Crippen molar-refractivity contribution in [2.45, 2.75) is 46.6 Å². The molecule has 0 saturated heterocycles. The molecule has 0 aliphatic carbocycles. The standard InChI is InChI=1S/C11H23N/c1-7-8-10(2,3)9-11(4,5)12-6/h7-8,12H,9H2,1-6H3/b8-7+. The normalized spacial score (nSPS) is 14.2. The van der Waals surface area contributed by atoms with Gasteiger partial charge in [-0.2, -0.15) is 0 Å². The first-order valence-electron chi connectivity index (χ1n) is 4.66. The molecule has 72 valence electrons. The minimum atomic E-state index is 0.225. The zero-order valence-electron chi connectivity index (χ0n) is 9.36. The van der Waals surface area contributed by atoms with Crippen LogP contribution in [0.1, 0.15) is 41.0 Å². The number of hydrogen-bond acceptors (Lipinski definition) is 1. The van der Waals surface area contributed by atoms with Gasteiger partial charge in [-0.05, 0) is 39.7 Å². The van der Waals surface area contributed by atoms with E-state index in [-0.39, 0.29) is 5.54 Å². The Bertz CT molecular complexity index is 154. The lowest BCUT2D eigenvalue weighted by Crippen LogP contribution is -2.39. The summed E-state index contributed by atoms with van der Waals surface area (Å²) < 4.78 is 0. The second-order valence-corrected chi connectivity index (χ2v) is 4.80. The van der Waals surface area contributed by atoms with Crippen molar-refractivity contribution >= 4 is 0 Å². The van der Waals surface area contributed by atoms with Crippen LogP contribution in [0.5, 0.6) is 0 Å². The van der Waals surface area contributed by atoms with Crippen molar-refractivity contribution in [1.82, 2.24) is 5.32 Å². The fourth-order valence-electron chi connectivity index (χ4n) is 1.74. The molecule has 0 spiro atoms. The molecule has 0 aromatic carbocycles. The number of nitrogens with one attached hydrogen (secondary N) is 1. The quantitative estimate of drug-likeness (QED) is 0.638. The Labute approximate surface area is 77.2 Å². The van der Waals surface area contributed by atoms with Crippen molar-refractivity contribution in [2.75, 3.05) is 7.05 Å². The van der Waals surface area contributed by atoms with Gasteiger partial charge in [0.15, 0.2) is 0 Å². The summed E-state index contributed by atoms with van der Waals surface area (Å²) in [4.78, 5) is 0. The molecule has 1 N–H and O–H groups in total. The van der Waals surface area contributed by atoms with Crippen LogP contribution in [0.15, 0.2) is 12.2 Å². The largest absolute Gasteiger partial charge is 0.315 e. The van der Waals surface area contributed by atoms with E-state index in [1.807, 2.05) is 7.05 Å². The van der Waals surface area contributed by atoms with Crippen LogP contribution in [0, 0.1) is 5.41 Å². The Hall–Kier alpha value is -0.300. The van der Waals surface area contributed by atoms with Gasteiger partial charge in [0.2, 0.25) is 0 Å². The van der Waals surface area contributed by atoms with Crippen LogP contribution in [-0.4, -0.2) is 12.6 Å². The second-order valence-electron chi connectivity index (χ2n) is 4.80. The van der Waals surface area contributed by atoms with Crippen molar-refractivity contribution in [1.29, 1.82) is 0 Å². The monoisotopic (exact) mass is 169 g/mol. The van der Waals surface area contributed by atoms with Gasteiger partial charge in [0.1, 0.15) is 0 Å². The molecule has 0 atom stereocenters. The maximum atomic E-state index is 3.32. The highest BCUT2D eigenvalue weighted by Gasteiger charge is 2.24. The van der Waals surface area contributed by atoms with Gasteiger partial charge in [0, 0.05) is 5.54 Å². The molecule has 0 fully saturated rings. The van der Waals surface area contributed by atoms with Crippen molar-refractivity contribution in [3.63, 3.8) is 0 Å². The molecule has 0 bridgehead atoms. The second kappa shape index (κ2) is 4.08. The molecule has 0 unspecified atom stereocenters. The summed E-state index contributed by atoms with van der Waals surface area (Å²) >= 11 is 0. The van der Waals surface area contributed by atoms with Gasteiger partial charge in [-0.1, -0.05) is 26.0 Å². The van der Waals surface area contributed by atoms with Gasteiger partial charge in [-0.25, -0.2) is 0 Å². The van der Waals surface area contributed by atoms with Gasteiger partial charge < -0.3 is 5.32 Å². The van der Waals surface area contributed by atoms with Crippen LogP contribution < -0.4 is 5.32 Å². The van der Waals surface area contributed by atoms with E-state index in [1.165, 1.54) is 0 Å². The number of hydrogen-bond donors (Lipinski definition) is 1. The molecule has 0 aliphatic rings. The van der Waals surface area contributed by atoms with Gasteiger partial charge in [-0.3, -0.25) is 0 Å². The van der Waals surface area contributed by atoms with Gasteiger partial charge >= 0.3 is 0 Å². The molecule has 0 heterocycles. The van der Waals surface area contributed by atoms with Crippen LogP contribution in [0.4, 0.5) is 0 Å². The third kappa shape index (κ3) is 4.55. The molecule has 0 rings (SSSR count). The molecular formula is C11H23N. The summed E-state index contributed by atoms with van der Waals surface area (Å²) in [6, 6.07) is 0. The Morgan fingerprint density at radius 3 is 2.00 bits per heavy atom. The predicted octanol–water partition coefficient (Wildman–Crippen LogP) is 2.98. The average Bonchev–Trinajstić information content (AvgIpc) is 1.85. The van der Waals surface area contributed by atoms with Crippen molar-refractivity contribution < 1.29 is 0 Å². The molecular weight excluding hydrogens is 146 g/mol. The maximum Gasteiger partial charge on any atom is 0.0130 e. The molecule has 0 aromatic heterocycles. The van der Waals surface area contributed by atoms with E-state index >= 15 is 0 Å². The lowest BCUT2D eigenvalue weighted by Gasteiger charge is -2.32. The summed E-state index contributed by atoms with van der Waals surface area (Å²) in [5.74, 6) is 0. The Balaban J connectivity index is 4.23. The zero-order chi connectivity index (χ0) is 9.83. The molecule has 1 nitrogen and oxygen atoms in total. The van der Waals surface area contributed by atoms with E-state index in [2.05, 4.69) is 52.1 Å². The minimum absolute atomic E-state index is 0.225. The molecule has 0 aliphatic heterocycles. The Kier molecular flexibility index (Phi) is 3.98. The fraction of sp³-hybridized carbons (Fsp3) is 0.818. The highest BCUT2D eigenvalue weighted by molar-refractivity contribution is 4.97. The maximum absolute atomic E-state index is 3.32. The minimum Gasteiger partial charge on any atom is -0.315 e. The van der Waals surface area contributed by atoms with Crippen LogP contribution in [0.2, 0.25) is 0 Å². The lowest BCUT2D eigenvalue weighted by atomic mass is 9.80. The fourth-order valence-corrected chi connectivity index (χ4v) is 1.74. The summed E-state index contributed by atoms with van der Waals surface area (Å²) in [5.41, 5.74) is 0.518. The predicted molar refractivity (Wildman–Crippen MR) is 56.4 cm³/mol. The van der Waals surface area contributed by atoms with Crippen LogP contribution in [0.3, 0.4) is 0 Å². The third-order valence-corrected chi connectivity index (χ3v) is 2.19. The number of allylic oxidation sites excluding steroid dienone is 2. The molecule has 1 heteroatoms. The van der Waals surface area contributed by atoms with E-state index in [0.717, 1.165) is 6.42 Å². The van der Waals surface area contributed by atoms with E-state index in [4.69, 9.17) is 0 Å². The van der Waals surface area contributed by atoms with Gasteiger partial charge in [-0.15, -0.1) is 0 Å². The smallest absolute Gasteiger partial charge is 0.0130 e.